The molecule has 1 heterocycles. The summed E-state index contributed by atoms with van der Waals surface area (Å²) in [4.78, 5) is 12.3. The summed E-state index contributed by atoms with van der Waals surface area (Å²) in [5.41, 5.74) is 7.11. The Balaban J connectivity index is 1.74. The van der Waals surface area contributed by atoms with Crippen molar-refractivity contribution in [2.24, 2.45) is 5.73 Å². The number of nitrogens with two attached hydrogens (primary N) is 1. The maximum Gasteiger partial charge on any atom is 0.241 e. The van der Waals surface area contributed by atoms with Gasteiger partial charge in [-0.1, -0.05) is 30.3 Å². The molecular weight excluding hydrogens is 357 g/mol. The molecule has 0 unspecified atom stereocenters. The van der Waals surface area contributed by atoms with Crippen LogP contribution in [0.4, 0.5) is 15.8 Å². The highest BCUT2D eigenvalue weighted by molar-refractivity contribution is 7.93. The predicted octanol–water partition coefficient (Wildman–Crippen LogP) is 1.87. The minimum absolute atomic E-state index is 0.00895. The van der Waals surface area contributed by atoms with E-state index in [0.29, 0.717) is 18.5 Å². The lowest BCUT2D eigenvalue weighted by molar-refractivity contribution is -0.117. The first kappa shape index (κ1) is 18.3. The molecule has 1 amide bonds. The van der Waals surface area contributed by atoms with Crippen LogP contribution in [0.2, 0.25) is 0 Å². The Kier molecular flexibility index (Phi) is 5.24. The summed E-state index contributed by atoms with van der Waals surface area (Å²) in [5.74, 6) is -1.08. The van der Waals surface area contributed by atoms with Crippen LogP contribution in [0.1, 0.15) is 12.0 Å². The van der Waals surface area contributed by atoms with E-state index in [9.17, 15) is 17.6 Å². The molecule has 0 aromatic heterocycles. The summed E-state index contributed by atoms with van der Waals surface area (Å²) >= 11 is 0. The molecule has 0 saturated carbocycles. The minimum atomic E-state index is -3.51. The molecule has 3 N–H and O–H groups in total. The maximum atomic E-state index is 14.1. The van der Waals surface area contributed by atoms with E-state index in [1.54, 1.807) is 0 Å². The van der Waals surface area contributed by atoms with Gasteiger partial charge in [-0.15, -0.1) is 0 Å². The number of benzene rings is 2. The lowest BCUT2D eigenvalue weighted by Crippen LogP contribution is -2.37. The summed E-state index contributed by atoms with van der Waals surface area (Å²) in [6.45, 7) is 0.226. The summed E-state index contributed by atoms with van der Waals surface area (Å²) in [7, 11) is -3.51. The van der Waals surface area contributed by atoms with E-state index in [0.717, 1.165) is 15.9 Å². The van der Waals surface area contributed by atoms with Crippen LogP contribution in [0.3, 0.4) is 0 Å². The number of carbonyl (C=O) groups excluding carboxylic acids is 1. The van der Waals surface area contributed by atoms with Gasteiger partial charge >= 0.3 is 0 Å². The zero-order valence-corrected chi connectivity index (χ0v) is 14.9. The summed E-state index contributed by atoms with van der Waals surface area (Å²) < 4.78 is 39.2. The van der Waals surface area contributed by atoms with Gasteiger partial charge in [-0.25, -0.2) is 12.8 Å². The van der Waals surface area contributed by atoms with E-state index in [1.807, 2.05) is 30.3 Å². The fraction of sp³-hybridized carbons (Fsp3) is 0.278. The monoisotopic (exact) mass is 377 g/mol. The molecule has 0 radical (unpaired) electrons. The molecule has 138 valence electrons. The van der Waals surface area contributed by atoms with Crippen LogP contribution >= 0.6 is 0 Å². The van der Waals surface area contributed by atoms with Crippen LogP contribution in [-0.2, 0) is 21.2 Å². The quantitative estimate of drug-likeness (QED) is 0.832. The highest BCUT2D eigenvalue weighted by Gasteiger charge is 2.30. The number of hydrogen-bond donors (Lipinski definition) is 2. The Morgan fingerprint density at radius 3 is 2.62 bits per heavy atom. The zero-order chi connectivity index (χ0) is 18.7. The first-order valence-electron chi connectivity index (χ1n) is 8.27. The molecule has 6 nitrogen and oxygen atoms in total. The first-order valence-corrected chi connectivity index (χ1v) is 9.88. The van der Waals surface area contributed by atoms with E-state index < -0.39 is 27.8 Å². The molecule has 26 heavy (non-hydrogen) atoms. The van der Waals surface area contributed by atoms with Gasteiger partial charge in [-0.2, -0.15) is 0 Å². The van der Waals surface area contributed by atoms with Gasteiger partial charge in [0.05, 0.1) is 17.5 Å². The first-order chi connectivity index (χ1) is 12.4. The number of nitrogens with one attached hydrogen (secondary N) is 1. The number of hydrogen-bond acceptors (Lipinski definition) is 4. The third kappa shape index (κ3) is 4.03. The SMILES string of the molecule is N[C@@H](Cc1ccccc1)C(=O)Nc1ccc(F)c(N2CCCS2(=O)=O)c1. The summed E-state index contributed by atoms with van der Waals surface area (Å²) in [5, 5.41) is 2.63. The Morgan fingerprint density at radius 1 is 1.23 bits per heavy atom. The van der Waals surface area contributed by atoms with Crippen molar-refractivity contribution in [2.45, 2.75) is 18.9 Å². The van der Waals surface area contributed by atoms with E-state index in [2.05, 4.69) is 5.32 Å². The number of halogens is 1. The number of sulfonamides is 1. The normalized spacial score (nSPS) is 17.1. The molecule has 1 atom stereocenters. The lowest BCUT2D eigenvalue weighted by Gasteiger charge is -2.19. The molecule has 1 aliphatic heterocycles. The Bertz CT molecular complexity index is 903. The van der Waals surface area contributed by atoms with Crippen molar-refractivity contribution < 1.29 is 17.6 Å². The summed E-state index contributed by atoms with van der Waals surface area (Å²) in [6, 6.07) is 12.4. The topological polar surface area (TPSA) is 92.5 Å². The second-order valence-corrected chi connectivity index (χ2v) is 8.21. The number of rotatable bonds is 5. The van der Waals surface area contributed by atoms with Crippen molar-refractivity contribution in [1.29, 1.82) is 0 Å². The fourth-order valence-electron chi connectivity index (χ4n) is 2.89. The van der Waals surface area contributed by atoms with Gasteiger partial charge in [-0.05, 0) is 36.6 Å². The highest BCUT2D eigenvalue weighted by atomic mass is 32.2. The molecule has 3 rings (SSSR count). The smallest absolute Gasteiger partial charge is 0.241 e. The van der Waals surface area contributed by atoms with Crippen LogP contribution in [0.15, 0.2) is 48.5 Å². The third-order valence-electron chi connectivity index (χ3n) is 4.22. The molecule has 8 heteroatoms. The number of anilines is 2. The van der Waals surface area contributed by atoms with Crippen molar-refractivity contribution in [2.75, 3.05) is 21.9 Å². The van der Waals surface area contributed by atoms with Crippen molar-refractivity contribution in [3.63, 3.8) is 0 Å². The molecule has 2 aromatic carbocycles. The van der Waals surface area contributed by atoms with Gasteiger partial charge in [-0.3, -0.25) is 9.10 Å². The van der Waals surface area contributed by atoms with Gasteiger partial charge in [0.15, 0.2) is 0 Å². The Hall–Kier alpha value is -2.45. The van der Waals surface area contributed by atoms with Gasteiger partial charge < -0.3 is 11.1 Å². The second kappa shape index (κ2) is 7.43. The van der Waals surface area contributed by atoms with Crippen molar-refractivity contribution in [3.05, 3.63) is 59.9 Å². The molecule has 0 spiro atoms. The average Bonchev–Trinajstić information content (AvgIpc) is 2.96. The molecular formula is C18H20FN3O3S. The molecule has 0 bridgehead atoms. The predicted molar refractivity (Wildman–Crippen MR) is 98.9 cm³/mol. The maximum absolute atomic E-state index is 14.1. The molecule has 1 saturated heterocycles. The highest BCUT2D eigenvalue weighted by Crippen LogP contribution is 2.29. The lowest BCUT2D eigenvalue weighted by atomic mass is 10.1. The minimum Gasteiger partial charge on any atom is -0.325 e. The molecule has 1 aliphatic rings. The van der Waals surface area contributed by atoms with Crippen LogP contribution in [0.5, 0.6) is 0 Å². The van der Waals surface area contributed by atoms with Gasteiger partial charge in [0.2, 0.25) is 15.9 Å². The van der Waals surface area contributed by atoms with E-state index >= 15 is 0 Å². The Morgan fingerprint density at radius 2 is 1.96 bits per heavy atom. The molecule has 0 aliphatic carbocycles. The largest absolute Gasteiger partial charge is 0.325 e. The zero-order valence-electron chi connectivity index (χ0n) is 14.1. The number of nitrogens with zero attached hydrogens (tertiary/aromatic N) is 1. The fourth-order valence-corrected chi connectivity index (χ4v) is 4.45. The van der Waals surface area contributed by atoms with Crippen molar-refractivity contribution >= 4 is 27.3 Å². The van der Waals surface area contributed by atoms with E-state index in [-0.39, 0.29) is 18.0 Å². The van der Waals surface area contributed by atoms with Crippen LogP contribution < -0.4 is 15.4 Å². The summed E-state index contributed by atoms with van der Waals surface area (Å²) in [6.07, 6.45) is 0.807. The van der Waals surface area contributed by atoms with Crippen LogP contribution in [0.25, 0.3) is 0 Å². The van der Waals surface area contributed by atoms with Gasteiger partial charge in [0.1, 0.15) is 5.82 Å². The Labute approximate surface area is 151 Å². The van der Waals surface area contributed by atoms with Gasteiger partial charge in [0.25, 0.3) is 0 Å². The number of carbonyl (C=O) groups is 1. The van der Waals surface area contributed by atoms with Crippen LogP contribution in [0, 0.1) is 5.82 Å². The average molecular weight is 377 g/mol. The van der Waals surface area contributed by atoms with Crippen molar-refractivity contribution in [3.8, 4) is 0 Å². The molecule has 2 aromatic rings. The van der Waals surface area contributed by atoms with Crippen LogP contribution in [-0.4, -0.2) is 32.7 Å². The number of amides is 1. The standard InChI is InChI=1S/C18H20FN3O3S/c19-15-8-7-14(12-17(15)22-9-4-10-26(22,24)25)21-18(23)16(20)11-13-5-2-1-3-6-13/h1-3,5-8,12,16H,4,9-11,20H2,(H,21,23)/t16-/m0/s1. The van der Waals surface area contributed by atoms with E-state index in [1.165, 1.54) is 12.1 Å². The van der Waals surface area contributed by atoms with Gasteiger partial charge in [0, 0.05) is 12.2 Å². The third-order valence-corrected chi connectivity index (χ3v) is 6.07. The second-order valence-electron chi connectivity index (χ2n) is 6.19. The van der Waals surface area contributed by atoms with E-state index in [4.69, 9.17) is 5.73 Å². The van der Waals surface area contributed by atoms with Crippen molar-refractivity contribution in [1.82, 2.24) is 0 Å². The molecule has 1 fully saturated rings.